The summed E-state index contributed by atoms with van der Waals surface area (Å²) in [7, 11) is 3.74. The molecule has 0 aliphatic carbocycles. The molecular formula is C9H19N5. The average molecular weight is 197 g/mol. The van der Waals surface area contributed by atoms with Crippen molar-refractivity contribution < 1.29 is 0 Å². The van der Waals surface area contributed by atoms with Crippen LogP contribution in [0.5, 0.6) is 0 Å². The minimum atomic E-state index is 0.202. The van der Waals surface area contributed by atoms with Crippen molar-refractivity contribution in [1.82, 2.24) is 25.5 Å². The van der Waals surface area contributed by atoms with Crippen molar-refractivity contribution in [3.05, 3.63) is 5.82 Å². The van der Waals surface area contributed by atoms with Crippen molar-refractivity contribution in [1.29, 1.82) is 0 Å². The summed E-state index contributed by atoms with van der Waals surface area (Å²) in [6.07, 6.45) is 0.813. The predicted octanol–water partition coefficient (Wildman–Crippen LogP) is 0.387. The maximum absolute atomic E-state index is 4.17. The Hall–Kier alpha value is -0.970. The molecule has 14 heavy (non-hydrogen) atoms. The summed E-state index contributed by atoms with van der Waals surface area (Å²) in [5.74, 6) is 0.793. The number of hydrogen-bond donors (Lipinski definition) is 1. The van der Waals surface area contributed by atoms with Gasteiger partial charge < -0.3 is 5.32 Å². The summed E-state index contributed by atoms with van der Waals surface area (Å²) in [5.41, 5.74) is 0.202. The maximum Gasteiger partial charge on any atom is 0.176 e. The highest BCUT2D eigenvalue weighted by Crippen LogP contribution is 2.20. The lowest BCUT2D eigenvalue weighted by Gasteiger charge is -2.29. The van der Waals surface area contributed by atoms with E-state index in [-0.39, 0.29) is 5.41 Å². The Balaban J connectivity index is 2.66. The zero-order valence-corrected chi connectivity index (χ0v) is 9.57. The van der Waals surface area contributed by atoms with Crippen LogP contribution in [0.4, 0.5) is 0 Å². The van der Waals surface area contributed by atoms with Gasteiger partial charge in [0.25, 0.3) is 0 Å². The standard InChI is InChI=1S/C9H19N5/c1-9(2,3)7(10-4)6-8-11-13-14(5)12-8/h7,10H,6H2,1-5H3. The van der Waals surface area contributed by atoms with Crippen molar-refractivity contribution in [3.8, 4) is 0 Å². The van der Waals surface area contributed by atoms with Crippen LogP contribution in [-0.4, -0.2) is 33.3 Å². The fraction of sp³-hybridized carbons (Fsp3) is 0.889. The molecule has 0 aromatic carbocycles. The fourth-order valence-electron chi connectivity index (χ4n) is 1.43. The van der Waals surface area contributed by atoms with Crippen LogP contribution in [-0.2, 0) is 13.5 Å². The van der Waals surface area contributed by atoms with Crippen molar-refractivity contribution in [2.24, 2.45) is 12.5 Å². The van der Waals surface area contributed by atoms with Gasteiger partial charge in [0.15, 0.2) is 5.82 Å². The number of rotatable bonds is 3. The smallest absolute Gasteiger partial charge is 0.176 e. The molecule has 1 N–H and O–H groups in total. The molecule has 0 bridgehead atoms. The Bertz CT molecular complexity index is 286. The molecule has 1 heterocycles. The molecule has 0 saturated carbocycles. The van der Waals surface area contributed by atoms with Gasteiger partial charge in [-0.2, -0.15) is 4.80 Å². The molecular weight excluding hydrogens is 178 g/mol. The van der Waals surface area contributed by atoms with Crippen molar-refractivity contribution in [3.63, 3.8) is 0 Å². The van der Waals surface area contributed by atoms with Gasteiger partial charge in [0.2, 0.25) is 0 Å². The van der Waals surface area contributed by atoms with Gasteiger partial charge in [-0.1, -0.05) is 20.8 Å². The number of likely N-dealkylation sites (N-methyl/N-ethyl adjacent to an activating group) is 1. The van der Waals surface area contributed by atoms with E-state index in [1.165, 1.54) is 4.80 Å². The molecule has 0 spiro atoms. The summed E-state index contributed by atoms with van der Waals surface area (Å²) in [5, 5.41) is 15.2. The summed E-state index contributed by atoms with van der Waals surface area (Å²) < 4.78 is 0. The largest absolute Gasteiger partial charge is 0.316 e. The summed E-state index contributed by atoms with van der Waals surface area (Å²) >= 11 is 0. The number of hydrogen-bond acceptors (Lipinski definition) is 4. The van der Waals surface area contributed by atoms with E-state index in [0.29, 0.717) is 6.04 Å². The van der Waals surface area contributed by atoms with Crippen LogP contribution in [0.15, 0.2) is 0 Å². The highest BCUT2D eigenvalue weighted by Gasteiger charge is 2.24. The van der Waals surface area contributed by atoms with Crippen LogP contribution in [0.2, 0.25) is 0 Å². The third-order valence-corrected chi connectivity index (χ3v) is 2.33. The number of nitrogens with zero attached hydrogens (tertiary/aromatic N) is 4. The Labute approximate surface area is 84.9 Å². The van der Waals surface area contributed by atoms with Gasteiger partial charge in [0.1, 0.15) is 0 Å². The molecule has 1 atom stereocenters. The number of aryl methyl sites for hydroxylation is 1. The normalized spacial score (nSPS) is 14.4. The Morgan fingerprint density at radius 2 is 2.07 bits per heavy atom. The van der Waals surface area contributed by atoms with Gasteiger partial charge in [-0.25, -0.2) is 0 Å². The van der Waals surface area contributed by atoms with E-state index in [1.807, 2.05) is 7.05 Å². The van der Waals surface area contributed by atoms with E-state index in [0.717, 1.165) is 12.2 Å². The van der Waals surface area contributed by atoms with E-state index in [9.17, 15) is 0 Å². The summed E-state index contributed by atoms with van der Waals surface area (Å²) in [6.45, 7) is 6.60. The van der Waals surface area contributed by atoms with Crippen molar-refractivity contribution in [2.45, 2.75) is 33.2 Å². The molecule has 0 aliphatic heterocycles. The lowest BCUT2D eigenvalue weighted by atomic mass is 9.85. The van der Waals surface area contributed by atoms with Crippen molar-refractivity contribution in [2.75, 3.05) is 7.05 Å². The molecule has 80 valence electrons. The quantitative estimate of drug-likeness (QED) is 0.761. The van der Waals surface area contributed by atoms with Gasteiger partial charge >= 0.3 is 0 Å². The van der Waals surface area contributed by atoms with Gasteiger partial charge in [0, 0.05) is 12.5 Å². The van der Waals surface area contributed by atoms with Crippen LogP contribution < -0.4 is 5.32 Å². The first-order valence-electron chi connectivity index (χ1n) is 4.83. The van der Waals surface area contributed by atoms with Gasteiger partial charge in [-0.3, -0.25) is 0 Å². The third kappa shape index (κ3) is 2.77. The first-order chi connectivity index (χ1) is 6.43. The molecule has 1 aromatic rings. The Morgan fingerprint density at radius 1 is 1.43 bits per heavy atom. The second kappa shape index (κ2) is 4.04. The van der Waals surface area contributed by atoms with Crippen LogP contribution in [0, 0.1) is 5.41 Å². The highest BCUT2D eigenvalue weighted by atomic mass is 15.6. The summed E-state index contributed by atoms with van der Waals surface area (Å²) in [6, 6.07) is 0.367. The molecule has 0 fully saturated rings. The molecule has 1 rings (SSSR count). The van der Waals surface area contributed by atoms with Crippen molar-refractivity contribution >= 4 is 0 Å². The molecule has 0 radical (unpaired) electrons. The highest BCUT2D eigenvalue weighted by molar-refractivity contribution is 4.89. The number of tetrazole rings is 1. The monoisotopic (exact) mass is 197 g/mol. The van der Waals surface area contributed by atoms with Crippen LogP contribution in [0.1, 0.15) is 26.6 Å². The van der Waals surface area contributed by atoms with Crippen LogP contribution >= 0.6 is 0 Å². The number of aromatic nitrogens is 4. The van der Waals surface area contributed by atoms with E-state index in [4.69, 9.17) is 0 Å². The molecule has 0 aliphatic rings. The van der Waals surface area contributed by atoms with Gasteiger partial charge in [-0.15, -0.1) is 10.2 Å². The van der Waals surface area contributed by atoms with E-state index in [1.54, 1.807) is 7.05 Å². The number of nitrogens with one attached hydrogen (secondary N) is 1. The van der Waals surface area contributed by atoms with Crippen LogP contribution in [0.3, 0.4) is 0 Å². The first kappa shape index (κ1) is 11.1. The van der Waals surface area contributed by atoms with Gasteiger partial charge in [0.05, 0.1) is 7.05 Å². The summed E-state index contributed by atoms with van der Waals surface area (Å²) in [4.78, 5) is 1.49. The fourth-order valence-corrected chi connectivity index (χ4v) is 1.43. The molecule has 5 heteroatoms. The van der Waals surface area contributed by atoms with E-state index < -0.39 is 0 Å². The lowest BCUT2D eigenvalue weighted by Crippen LogP contribution is -2.40. The minimum absolute atomic E-state index is 0.202. The second-order valence-electron chi connectivity index (χ2n) is 4.61. The minimum Gasteiger partial charge on any atom is -0.316 e. The lowest BCUT2D eigenvalue weighted by molar-refractivity contribution is 0.276. The second-order valence-corrected chi connectivity index (χ2v) is 4.61. The zero-order chi connectivity index (χ0) is 10.8. The molecule has 0 saturated heterocycles. The Kier molecular flexibility index (Phi) is 3.21. The van der Waals surface area contributed by atoms with Gasteiger partial charge in [-0.05, 0) is 17.7 Å². The zero-order valence-electron chi connectivity index (χ0n) is 9.57. The molecule has 5 nitrogen and oxygen atoms in total. The van der Waals surface area contributed by atoms with E-state index in [2.05, 4.69) is 41.5 Å². The topological polar surface area (TPSA) is 55.6 Å². The molecule has 1 aromatic heterocycles. The Morgan fingerprint density at radius 3 is 2.43 bits per heavy atom. The first-order valence-corrected chi connectivity index (χ1v) is 4.83. The average Bonchev–Trinajstić information content (AvgIpc) is 2.45. The third-order valence-electron chi connectivity index (χ3n) is 2.33. The van der Waals surface area contributed by atoms with E-state index >= 15 is 0 Å². The van der Waals surface area contributed by atoms with Crippen LogP contribution in [0.25, 0.3) is 0 Å². The molecule has 0 amide bonds. The maximum atomic E-state index is 4.17. The molecule has 1 unspecified atom stereocenters. The predicted molar refractivity (Wildman–Crippen MR) is 54.8 cm³/mol. The SMILES string of the molecule is CNC(Cc1nnn(C)n1)C(C)(C)C.